The van der Waals surface area contributed by atoms with Crippen LogP contribution >= 0.6 is 38.4 Å². The summed E-state index contributed by atoms with van der Waals surface area (Å²) >= 11 is 5.24. The molecule has 0 radical (unpaired) electrons. The summed E-state index contributed by atoms with van der Waals surface area (Å²) in [6, 6.07) is 8.68. The van der Waals surface area contributed by atoms with Gasteiger partial charge in [-0.1, -0.05) is 49.3 Å². The Labute approximate surface area is 122 Å². The number of allylic oxidation sites excluding steroid dienone is 1. The molecule has 0 aromatic heterocycles. The predicted molar refractivity (Wildman–Crippen MR) is 81.1 cm³/mol. The predicted octanol–water partition coefficient (Wildman–Crippen LogP) is 5.20. The van der Waals surface area contributed by atoms with Crippen molar-refractivity contribution in [1.82, 2.24) is 0 Å². The Morgan fingerprint density at radius 2 is 1.93 bits per heavy atom. The molecule has 0 atom stereocenters. The van der Waals surface area contributed by atoms with Gasteiger partial charge >= 0.3 is 50.0 Å². The summed E-state index contributed by atoms with van der Waals surface area (Å²) in [5.74, 6) is 0. The molecular formula is C12H14I2Ti. The van der Waals surface area contributed by atoms with Gasteiger partial charge in [0.05, 0.1) is 0 Å². The first-order chi connectivity index (χ1) is 7.31. The van der Waals surface area contributed by atoms with Crippen LogP contribution in [0.15, 0.2) is 29.8 Å². The van der Waals surface area contributed by atoms with Crippen LogP contribution in [0, 0.1) is 0 Å². The summed E-state index contributed by atoms with van der Waals surface area (Å²) in [4.78, 5) is 0. The molecule has 0 spiro atoms. The molecule has 0 N–H and O–H groups in total. The Kier molecular flexibility index (Phi) is 7.82. The normalized spacial score (nSPS) is 12.3. The maximum absolute atomic E-state index is 2.40. The van der Waals surface area contributed by atoms with Gasteiger partial charge in [-0.05, 0) is 24.0 Å². The number of hydrogen-bond acceptors (Lipinski definition) is 0. The molecule has 1 aromatic carbocycles. The van der Waals surface area contributed by atoms with Crippen LogP contribution in [0.4, 0.5) is 0 Å². The van der Waals surface area contributed by atoms with E-state index in [4.69, 9.17) is 0 Å². The van der Waals surface area contributed by atoms with Gasteiger partial charge in [-0.25, -0.2) is 0 Å². The Hall–Kier alpha value is 1.13. The molecule has 3 heteroatoms. The molecule has 1 aromatic rings. The average Bonchev–Trinajstić information content (AvgIpc) is 2.61. The zero-order valence-electron chi connectivity index (χ0n) is 8.76. The minimum absolute atomic E-state index is 0.440. The van der Waals surface area contributed by atoms with Crippen molar-refractivity contribution in [2.24, 2.45) is 0 Å². The molecule has 0 saturated carbocycles. The second-order valence-corrected chi connectivity index (χ2v) is 16.7. The van der Waals surface area contributed by atoms with E-state index in [2.05, 4.69) is 75.6 Å². The Bertz CT molecular complexity index is 334. The van der Waals surface area contributed by atoms with Gasteiger partial charge < -0.3 is 0 Å². The van der Waals surface area contributed by atoms with Gasteiger partial charge in [-0.2, -0.15) is 0 Å². The SMILES string of the molecule is CCCC1=Cc2ccccc2C1.[I][Ti][I]. The number of rotatable bonds is 2. The molecule has 2 rings (SSSR count). The van der Waals surface area contributed by atoms with E-state index >= 15 is 0 Å². The fourth-order valence-corrected chi connectivity index (χ4v) is 1.83. The van der Waals surface area contributed by atoms with E-state index in [1.807, 2.05) is 0 Å². The van der Waals surface area contributed by atoms with Gasteiger partial charge in [0.1, 0.15) is 0 Å². The number of hydrogen-bond donors (Lipinski definition) is 0. The molecule has 1 aliphatic rings. The molecule has 0 nitrogen and oxygen atoms in total. The maximum atomic E-state index is 2.40. The van der Waals surface area contributed by atoms with Crippen LogP contribution in [0.2, 0.25) is 0 Å². The molecule has 0 bridgehead atoms. The van der Waals surface area contributed by atoms with Crippen LogP contribution in [0.3, 0.4) is 0 Å². The van der Waals surface area contributed by atoms with E-state index in [0.29, 0.717) is 11.7 Å². The van der Waals surface area contributed by atoms with Crippen molar-refractivity contribution >= 4 is 44.5 Å². The number of halogens is 2. The average molecular weight is 460 g/mol. The molecule has 0 amide bonds. The third-order valence-electron chi connectivity index (χ3n) is 2.40. The Balaban J connectivity index is 0.000000337. The van der Waals surface area contributed by atoms with E-state index in [-0.39, 0.29) is 0 Å². The summed E-state index contributed by atoms with van der Waals surface area (Å²) < 4.78 is 0. The quantitative estimate of drug-likeness (QED) is 0.421. The molecule has 1 aliphatic carbocycles. The zero-order chi connectivity index (χ0) is 11.1. The van der Waals surface area contributed by atoms with Crippen molar-refractivity contribution in [2.75, 3.05) is 0 Å². The van der Waals surface area contributed by atoms with Crippen LogP contribution < -0.4 is 0 Å². The summed E-state index contributed by atoms with van der Waals surface area (Å²) in [5.41, 5.74) is 4.53. The first kappa shape index (κ1) is 14.2. The van der Waals surface area contributed by atoms with Gasteiger partial charge in [0.25, 0.3) is 0 Å². The second kappa shape index (κ2) is 8.26. The standard InChI is InChI=1S/C12H14.2HI.Ti/c1-2-5-10-8-11-6-3-4-7-12(11)9-10;;;/h3-4,6-8H,2,5,9H2,1H3;2*1H;/q;;;+2/p-2. The van der Waals surface area contributed by atoms with Crippen molar-refractivity contribution < 1.29 is 11.7 Å². The topological polar surface area (TPSA) is 0 Å². The van der Waals surface area contributed by atoms with Crippen LogP contribution in [0.25, 0.3) is 6.08 Å². The fourth-order valence-electron chi connectivity index (χ4n) is 1.83. The van der Waals surface area contributed by atoms with E-state index < -0.39 is 0 Å². The summed E-state index contributed by atoms with van der Waals surface area (Å²) in [6.45, 7) is 2.24. The summed E-state index contributed by atoms with van der Waals surface area (Å²) in [7, 11) is 0. The van der Waals surface area contributed by atoms with Crippen molar-refractivity contribution in [3.05, 3.63) is 41.0 Å². The van der Waals surface area contributed by atoms with Crippen molar-refractivity contribution in [3.63, 3.8) is 0 Å². The van der Waals surface area contributed by atoms with E-state index in [9.17, 15) is 0 Å². The van der Waals surface area contributed by atoms with Gasteiger partial charge in [0, 0.05) is 0 Å². The van der Waals surface area contributed by atoms with Crippen molar-refractivity contribution in [3.8, 4) is 0 Å². The summed E-state index contributed by atoms with van der Waals surface area (Å²) in [6.07, 6.45) is 6.05. The third-order valence-corrected chi connectivity index (χ3v) is 2.40. The molecule has 0 saturated heterocycles. The Morgan fingerprint density at radius 1 is 1.27 bits per heavy atom. The third kappa shape index (κ3) is 4.88. The first-order valence-corrected chi connectivity index (χ1v) is 15.1. The number of fused-ring (bicyclic) bond motifs is 1. The van der Waals surface area contributed by atoms with Crippen LogP contribution in [-0.2, 0) is 18.1 Å². The van der Waals surface area contributed by atoms with Gasteiger partial charge in [-0.15, -0.1) is 0 Å². The van der Waals surface area contributed by atoms with Crippen LogP contribution in [-0.4, -0.2) is 0 Å². The van der Waals surface area contributed by atoms with E-state index in [1.165, 1.54) is 30.4 Å². The van der Waals surface area contributed by atoms with E-state index in [1.54, 1.807) is 5.57 Å². The fraction of sp³-hybridized carbons (Fsp3) is 0.333. The molecule has 0 aliphatic heterocycles. The molecule has 0 heterocycles. The zero-order valence-corrected chi connectivity index (χ0v) is 14.6. The first-order valence-electron chi connectivity index (χ1n) is 5.05. The van der Waals surface area contributed by atoms with Gasteiger partial charge in [-0.3, -0.25) is 0 Å². The van der Waals surface area contributed by atoms with Crippen molar-refractivity contribution in [2.45, 2.75) is 26.2 Å². The van der Waals surface area contributed by atoms with E-state index in [0.717, 1.165) is 0 Å². The molecule has 80 valence electrons. The minimum atomic E-state index is 0.440. The monoisotopic (exact) mass is 460 g/mol. The molecule has 0 unspecified atom stereocenters. The van der Waals surface area contributed by atoms with Crippen LogP contribution in [0.5, 0.6) is 0 Å². The molecular weight excluding hydrogens is 446 g/mol. The molecule has 15 heavy (non-hydrogen) atoms. The Morgan fingerprint density at radius 3 is 2.53 bits per heavy atom. The number of benzene rings is 1. The summed E-state index contributed by atoms with van der Waals surface area (Å²) in [5, 5.41) is 0. The molecule has 0 fully saturated rings. The second-order valence-electron chi connectivity index (χ2n) is 3.50. The van der Waals surface area contributed by atoms with Crippen LogP contribution in [0.1, 0.15) is 30.9 Å². The van der Waals surface area contributed by atoms with Crippen molar-refractivity contribution in [1.29, 1.82) is 0 Å². The van der Waals surface area contributed by atoms with Gasteiger partial charge in [0.2, 0.25) is 0 Å². The van der Waals surface area contributed by atoms with Gasteiger partial charge in [0.15, 0.2) is 0 Å².